The van der Waals surface area contributed by atoms with Crippen LogP contribution in [0.5, 0.6) is 0 Å². The van der Waals surface area contributed by atoms with E-state index in [9.17, 15) is 18.0 Å². The third-order valence-corrected chi connectivity index (χ3v) is 3.58. The van der Waals surface area contributed by atoms with Gasteiger partial charge in [0.15, 0.2) is 0 Å². The fourth-order valence-electron chi connectivity index (χ4n) is 2.57. The molecule has 1 heterocycles. The van der Waals surface area contributed by atoms with Gasteiger partial charge in [0, 0.05) is 12.6 Å². The van der Waals surface area contributed by atoms with E-state index in [1.165, 1.54) is 12.1 Å². The monoisotopic (exact) mass is 287 g/mol. The van der Waals surface area contributed by atoms with E-state index in [0.29, 0.717) is 6.54 Å². The molecule has 1 atom stereocenters. The molecular weight excluding hydrogens is 271 g/mol. The second-order valence-corrected chi connectivity index (χ2v) is 5.06. The molecule has 1 unspecified atom stereocenters. The molecule has 1 fully saturated rings. The summed E-state index contributed by atoms with van der Waals surface area (Å²) in [6.45, 7) is 1.29. The van der Waals surface area contributed by atoms with Crippen LogP contribution in [0.15, 0.2) is 24.3 Å². The molecule has 0 aliphatic carbocycles. The SMILES string of the molecule is O=C(O)CC1CCCN1Cc1ccc(C(F)(F)F)cc1. The molecule has 20 heavy (non-hydrogen) atoms. The lowest BCUT2D eigenvalue weighted by molar-refractivity contribution is -0.139. The molecule has 1 saturated heterocycles. The largest absolute Gasteiger partial charge is 0.481 e. The number of rotatable bonds is 4. The van der Waals surface area contributed by atoms with Crippen LogP contribution < -0.4 is 0 Å². The zero-order valence-electron chi connectivity index (χ0n) is 10.9. The van der Waals surface area contributed by atoms with Crippen molar-refractivity contribution in [3.05, 3.63) is 35.4 Å². The van der Waals surface area contributed by atoms with E-state index >= 15 is 0 Å². The number of carboxylic acid groups (broad SMARTS) is 1. The van der Waals surface area contributed by atoms with Crippen LogP contribution in [0.25, 0.3) is 0 Å². The zero-order valence-corrected chi connectivity index (χ0v) is 10.9. The molecule has 0 aromatic heterocycles. The van der Waals surface area contributed by atoms with Crippen LogP contribution in [0, 0.1) is 0 Å². The van der Waals surface area contributed by atoms with Crippen LogP contribution in [0.2, 0.25) is 0 Å². The minimum absolute atomic E-state index is 0.0187. The number of nitrogens with zero attached hydrogens (tertiary/aromatic N) is 1. The van der Waals surface area contributed by atoms with E-state index in [0.717, 1.165) is 37.1 Å². The first-order valence-corrected chi connectivity index (χ1v) is 6.48. The highest BCUT2D eigenvalue weighted by Crippen LogP contribution is 2.29. The summed E-state index contributed by atoms with van der Waals surface area (Å²) in [4.78, 5) is 12.8. The van der Waals surface area contributed by atoms with Crippen molar-refractivity contribution >= 4 is 5.97 Å². The highest BCUT2D eigenvalue weighted by molar-refractivity contribution is 5.67. The van der Waals surface area contributed by atoms with Crippen molar-refractivity contribution in [1.29, 1.82) is 0 Å². The van der Waals surface area contributed by atoms with Crippen LogP contribution in [0.1, 0.15) is 30.4 Å². The highest BCUT2D eigenvalue weighted by Gasteiger charge is 2.30. The maximum Gasteiger partial charge on any atom is 0.416 e. The van der Waals surface area contributed by atoms with E-state index < -0.39 is 17.7 Å². The lowest BCUT2D eigenvalue weighted by atomic mass is 10.1. The maximum atomic E-state index is 12.5. The number of hydrogen-bond donors (Lipinski definition) is 1. The molecule has 1 aromatic rings. The minimum atomic E-state index is -4.32. The summed E-state index contributed by atoms with van der Waals surface area (Å²) in [7, 11) is 0. The van der Waals surface area contributed by atoms with Gasteiger partial charge in [-0.25, -0.2) is 0 Å². The maximum absolute atomic E-state index is 12.5. The lowest BCUT2D eigenvalue weighted by Crippen LogP contribution is -2.30. The molecule has 3 nitrogen and oxygen atoms in total. The van der Waals surface area contributed by atoms with Crippen molar-refractivity contribution in [3.63, 3.8) is 0 Å². The number of hydrogen-bond acceptors (Lipinski definition) is 2. The molecule has 6 heteroatoms. The van der Waals surface area contributed by atoms with E-state index in [1.54, 1.807) is 0 Å². The Balaban J connectivity index is 2.01. The van der Waals surface area contributed by atoms with E-state index in [1.807, 2.05) is 4.90 Å². The Morgan fingerprint density at radius 1 is 1.30 bits per heavy atom. The Hall–Kier alpha value is -1.56. The number of benzene rings is 1. The molecule has 1 aliphatic rings. The summed E-state index contributed by atoms with van der Waals surface area (Å²) in [6, 6.07) is 5.03. The number of halogens is 3. The van der Waals surface area contributed by atoms with Crippen LogP contribution in [-0.2, 0) is 17.5 Å². The number of carbonyl (C=O) groups is 1. The first kappa shape index (κ1) is 14.8. The van der Waals surface area contributed by atoms with Crippen LogP contribution >= 0.6 is 0 Å². The molecular formula is C14H16F3NO2. The van der Waals surface area contributed by atoms with Gasteiger partial charge in [0.2, 0.25) is 0 Å². The Morgan fingerprint density at radius 3 is 2.50 bits per heavy atom. The zero-order chi connectivity index (χ0) is 14.8. The van der Waals surface area contributed by atoms with Crippen molar-refractivity contribution in [2.45, 2.75) is 38.0 Å². The third-order valence-electron chi connectivity index (χ3n) is 3.58. The van der Waals surface area contributed by atoms with Gasteiger partial charge in [-0.1, -0.05) is 12.1 Å². The van der Waals surface area contributed by atoms with E-state index in [4.69, 9.17) is 5.11 Å². The second kappa shape index (κ2) is 5.83. The van der Waals surface area contributed by atoms with Gasteiger partial charge in [0.25, 0.3) is 0 Å². The number of carboxylic acids is 1. The van der Waals surface area contributed by atoms with Crippen LogP contribution in [-0.4, -0.2) is 28.6 Å². The highest BCUT2D eigenvalue weighted by atomic mass is 19.4. The normalized spacial score (nSPS) is 20.2. The smallest absolute Gasteiger partial charge is 0.416 e. The summed E-state index contributed by atoms with van der Waals surface area (Å²) in [5.74, 6) is -0.839. The predicted molar refractivity (Wildman–Crippen MR) is 67.1 cm³/mol. The summed E-state index contributed by atoms with van der Waals surface area (Å²) >= 11 is 0. The van der Waals surface area contributed by atoms with Gasteiger partial charge in [-0.2, -0.15) is 13.2 Å². The van der Waals surface area contributed by atoms with E-state index in [-0.39, 0.29) is 12.5 Å². The lowest BCUT2D eigenvalue weighted by Gasteiger charge is -2.23. The Labute approximate surface area is 115 Å². The average Bonchev–Trinajstić information content (AvgIpc) is 2.75. The predicted octanol–water partition coefficient (Wildman–Crippen LogP) is 3.14. The molecule has 110 valence electrons. The first-order valence-electron chi connectivity index (χ1n) is 6.48. The summed E-state index contributed by atoms with van der Waals surface area (Å²) in [5, 5.41) is 8.83. The Morgan fingerprint density at radius 2 is 1.95 bits per heavy atom. The minimum Gasteiger partial charge on any atom is -0.481 e. The van der Waals surface area contributed by atoms with Crippen molar-refractivity contribution in [1.82, 2.24) is 4.90 Å². The molecule has 2 rings (SSSR count). The molecule has 1 aliphatic heterocycles. The van der Waals surface area contributed by atoms with Gasteiger partial charge >= 0.3 is 12.1 Å². The second-order valence-electron chi connectivity index (χ2n) is 5.06. The van der Waals surface area contributed by atoms with Crippen LogP contribution in [0.3, 0.4) is 0 Å². The van der Waals surface area contributed by atoms with Crippen molar-refractivity contribution in [2.24, 2.45) is 0 Å². The van der Waals surface area contributed by atoms with E-state index in [2.05, 4.69) is 0 Å². The van der Waals surface area contributed by atoms with Gasteiger partial charge < -0.3 is 5.11 Å². The fourth-order valence-corrected chi connectivity index (χ4v) is 2.57. The summed E-state index contributed by atoms with van der Waals surface area (Å²) in [5.41, 5.74) is 0.111. The average molecular weight is 287 g/mol. The van der Waals surface area contributed by atoms with Crippen LogP contribution in [0.4, 0.5) is 13.2 Å². The molecule has 1 aromatic carbocycles. The van der Waals surface area contributed by atoms with Gasteiger partial charge in [0.05, 0.1) is 12.0 Å². The summed E-state index contributed by atoms with van der Waals surface area (Å²) in [6.07, 6.45) is -2.48. The van der Waals surface area contributed by atoms with Gasteiger partial charge in [-0.05, 0) is 37.1 Å². The van der Waals surface area contributed by atoms with Crippen molar-refractivity contribution in [3.8, 4) is 0 Å². The molecule has 0 saturated carbocycles. The number of likely N-dealkylation sites (tertiary alicyclic amines) is 1. The van der Waals surface area contributed by atoms with Crippen molar-refractivity contribution in [2.75, 3.05) is 6.54 Å². The molecule has 1 N–H and O–H groups in total. The Bertz CT molecular complexity index is 470. The Kier molecular flexibility index (Phi) is 4.32. The standard InChI is InChI=1S/C14H16F3NO2/c15-14(16,17)11-5-3-10(4-6-11)9-18-7-1-2-12(18)8-13(19)20/h3-6,12H,1-2,7-9H2,(H,19,20). The first-order chi connectivity index (χ1) is 9.36. The summed E-state index contributed by atoms with van der Waals surface area (Å²) < 4.78 is 37.4. The molecule has 0 spiro atoms. The quantitative estimate of drug-likeness (QED) is 0.925. The number of alkyl halides is 3. The van der Waals surface area contributed by atoms with Crippen molar-refractivity contribution < 1.29 is 23.1 Å². The third kappa shape index (κ3) is 3.72. The van der Waals surface area contributed by atoms with Gasteiger partial charge in [-0.3, -0.25) is 9.69 Å². The van der Waals surface area contributed by atoms with Gasteiger partial charge in [-0.15, -0.1) is 0 Å². The molecule has 0 amide bonds. The fraction of sp³-hybridized carbons (Fsp3) is 0.500. The molecule has 0 bridgehead atoms. The number of aliphatic carboxylic acids is 1. The topological polar surface area (TPSA) is 40.5 Å². The van der Waals surface area contributed by atoms with Gasteiger partial charge in [0.1, 0.15) is 0 Å². The molecule has 0 radical (unpaired) electrons.